The number of hydrogen-bond acceptors (Lipinski definition) is 8. The van der Waals surface area contributed by atoms with Gasteiger partial charge in [0.1, 0.15) is 6.54 Å². The number of nitrogens with one attached hydrogen (secondary N) is 1. The highest BCUT2D eigenvalue weighted by atomic mass is 32.2. The smallest absolute Gasteiger partial charge is 0.339 e. The Morgan fingerprint density at radius 1 is 1.32 bits per heavy atom. The zero-order chi connectivity index (χ0) is 21.1. The van der Waals surface area contributed by atoms with Gasteiger partial charge in [0.25, 0.3) is 0 Å². The van der Waals surface area contributed by atoms with E-state index < -0.39 is 44.6 Å². The molecule has 13 heteroatoms. The number of nitro groups is 1. The van der Waals surface area contributed by atoms with Gasteiger partial charge in [-0.3, -0.25) is 24.3 Å². The van der Waals surface area contributed by atoms with Crippen molar-refractivity contribution in [3.8, 4) is 0 Å². The maximum absolute atomic E-state index is 12.2. The lowest BCUT2D eigenvalue weighted by atomic mass is 10.2. The number of sulfonamides is 1. The van der Waals surface area contributed by atoms with Crippen LogP contribution in [0.1, 0.15) is 10.4 Å². The number of methoxy groups -OCH3 is 1. The molecule has 1 amide bonds. The van der Waals surface area contributed by atoms with Crippen molar-refractivity contribution in [2.75, 3.05) is 12.4 Å². The number of primary sulfonamides is 1. The average Bonchev–Trinajstić information content (AvgIpc) is 2.61. The Morgan fingerprint density at radius 3 is 2.57 bits per heavy atom. The van der Waals surface area contributed by atoms with E-state index in [0.29, 0.717) is 4.57 Å². The monoisotopic (exact) mass is 410 g/mol. The fourth-order valence-corrected chi connectivity index (χ4v) is 2.76. The first kappa shape index (κ1) is 20.7. The average molecular weight is 410 g/mol. The first-order valence-corrected chi connectivity index (χ1v) is 8.97. The van der Waals surface area contributed by atoms with Gasteiger partial charge in [0.05, 0.1) is 22.5 Å². The summed E-state index contributed by atoms with van der Waals surface area (Å²) in [5.41, 5.74) is -2.24. The summed E-state index contributed by atoms with van der Waals surface area (Å²) in [6.07, 6.45) is 0.946. The van der Waals surface area contributed by atoms with Gasteiger partial charge in [-0.05, 0) is 18.2 Å². The lowest BCUT2D eigenvalue weighted by Gasteiger charge is -2.09. The third-order valence-electron chi connectivity index (χ3n) is 3.45. The van der Waals surface area contributed by atoms with E-state index in [0.717, 1.165) is 25.4 Å². The van der Waals surface area contributed by atoms with Gasteiger partial charge in [-0.15, -0.1) is 0 Å². The van der Waals surface area contributed by atoms with Crippen molar-refractivity contribution in [3.63, 3.8) is 0 Å². The number of nitrogens with zero attached hydrogens (tertiary/aromatic N) is 2. The number of amides is 1. The zero-order valence-corrected chi connectivity index (χ0v) is 15.1. The predicted molar refractivity (Wildman–Crippen MR) is 95.1 cm³/mol. The summed E-state index contributed by atoms with van der Waals surface area (Å²) in [5, 5.41) is 18.4. The molecular formula is C15H14N4O8S. The Labute approximate surface area is 157 Å². The van der Waals surface area contributed by atoms with E-state index in [1.807, 2.05) is 0 Å². The highest BCUT2D eigenvalue weighted by Gasteiger charge is 2.21. The van der Waals surface area contributed by atoms with Crippen LogP contribution in [0, 0.1) is 10.1 Å². The van der Waals surface area contributed by atoms with Crippen LogP contribution in [0.15, 0.2) is 46.2 Å². The Morgan fingerprint density at radius 2 is 2.00 bits per heavy atom. The molecule has 0 radical (unpaired) electrons. The molecule has 12 nitrogen and oxygen atoms in total. The highest BCUT2D eigenvalue weighted by molar-refractivity contribution is 7.89. The number of nitrogens with two attached hydrogens (primary N) is 1. The van der Waals surface area contributed by atoms with Gasteiger partial charge in [-0.2, -0.15) is 0 Å². The largest absolute Gasteiger partial charge is 0.465 e. The van der Waals surface area contributed by atoms with E-state index in [2.05, 4.69) is 10.1 Å². The van der Waals surface area contributed by atoms with Crippen LogP contribution in [-0.2, 0) is 26.1 Å². The van der Waals surface area contributed by atoms with Gasteiger partial charge >= 0.3 is 17.2 Å². The molecule has 0 aliphatic heterocycles. The predicted octanol–water partition coefficient (Wildman–Crippen LogP) is -0.171. The topological polar surface area (TPSA) is 181 Å². The molecule has 0 spiro atoms. The highest BCUT2D eigenvalue weighted by Crippen LogP contribution is 2.14. The molecule has 1 aromatic carbocycles. The molecule has 2 aromatic rings. The van der Waals surface area contributed by atoms with Gasteiger partial charge in [-0.25, -0.2) is 18.4 Å². The summed E-state index contributed by atoms with van der Waals surface area (Å²) >= 11 is 0. The van der Waals surface area contributed by atoms with Crippen LogP contribution in [0.4, 0.5) is 11.4 Å². The first-order chi connectivity index (χ1) is 13.0. The lowest BCUT2D eigenvalue weighted by Crippen LogP contribution is -2.29. The Bertz CT molecular complexity index is 1120. The molecular weight excluding hydrogens is 396 g/mol. The summed E-state index contributed by atoms with van der Waals surface area (Å²) in [6, 6.07) is 5.78. The normalized spacial score (nSPS) is 10.9. The minimum atomic E-state index is -3.99. The number of esters is 1. The molecule has 0 atom stereocenters. The van der Waals surface area contributed by atoms with E-state index >= 15 is 0 Å². The molecule has 0 saturated carbocycles. The quantitative estimate of drug-likeness (QED) is 0.374. The van der Waals surface area contributed by atoms with Crippen LogP contribution >= 0.6 is 0 Å². The number of benzene rings is 1. The number of aromatic nitrogens is 1. The molecule has 28 heavy (non-hydrogen) atoms. The summed E-state index contributed by atoms with van der Waals surface area (Å²) in [6.45, 7) is -0.676. The minimum absolute atomic E-state index is 0.0724. The minimum Gasteiger partial charge on any atom is -0.465 e. The van der Waals surface area contributed by atoms with E-state index in [9.17, 15) is 32.9 Å². The van der Waals surface area contributed by atoms with E-state index in [1.54, 1.807) is 0 Å². The number of anilines is 1. The van der Waals surface area contributed by atoms with Crippen LogP contribution in [0.25, 0.3) is 0 Å². The maximum Gasteiger partial charge on any atom is 0.339 e. The second-order valence-electron chi connectivity index (χ2n) is 5.42. The third kappa shape index (κ3) is 4.77. The number of carbonyl (C=O) groups is 2. The van der Waals surface area contributed by atoms with Crippen LogP contribution in [0.5, 0.6) is 0 Å². The van der Waals surface area contributed by atoms with E-state index in [4.69, 9.17) is 5.14 Å². The Hall–Kier alpha value is -3.58. The molecule has 0 aliphatic rings. The fraction of sp³-hybridized carbons (Fsp3) is 0.133. The first-order valence-electron chi connectivity index (χ1n) is 7.43. The van der Waals surface area contributed by atoms with Gasteiger partial charge < -0.3 is 10.1 Å². The molecule has 148 valence electrons. The molecule has 3 N–H and O–H groups in total. The molecule has 0 unspecified atom stereocenters. The van der Waals surface area contributed by atoms with Crippen LogP contribution < -0.4 is 16.0 Å². The number of ether oxygens (including phenoxy) is 1. The van der Waals surface area contributed by atoms with E-state index in [1.165, 1.54) is 18.2 Å². The van der Waals surface area contributed by atoms with Crippen LogP contribution in [0.2, 0.25) is 0 Å². The van der Waals surface area contributed by atoms with Crippen molar-refractivity contribution in [2.45, 2.75) is 11.4 Å². The number of pyridine rings is 1. The Balaban J connectivity index is 2.33. The van der Waals surface area contributed by atoms with Crippen molar-refractivity contribution in [2.24, 2.45) is 5.14 Å². The van der Waals surface area contributed by atoms with Gasteiger partial charge in [0.15, 0.2) is 0 Å². The van der Waals surface area contributed by atoms with Crippen molar-refractivity contribution in [1.29, 1.82) is 0 Å². The summed E-state index contributed by atoms with van der Waals surface area (Å²) in [4.78, 5) is 45.7. The lowest BCUT2D eigenvalue weighted by molar-refractivity contribution is -0.386. The van der Waals surface area contributed by atoms with Gasteiger partial charge in [0, 0.05) is 18.0 Å². The van der Waals surface area contributed by atoms with Crippen LogP contribution in [0.3, 0.4) is 0 Å². The van der Waals surface area contributed by atoms with Gasteiger partial charge in [0.2, 0.25) is 15.9 Å². The number of rotatable bonds is 6. The van der Waals surface area contributed by atoms with Gasteiger partial charge in [-0.1, -0.05) is 6.07 Å². The van der Waals surface area contributed by atoms with Crippen molar-refractivity contribution in [1.82, 2.24) is 4.57 Å². The molecule has 0 aliphatic carbocycles. The maximum atomic E-state index is 12.2. The number of hydrogen-bond donors (Lipinski definition) is 2. The number of carbonyl (C=O) groups excluding carboxylic acids is 2. The molecule has 0 saturated heterocycles. The summed E-state index contributed by atoms with van der Waals surface area (Å²) in [7, 11) is -2.94. The molecule has 1 heterocycles. The standard InChI is InChI=1S/C15H14N4O8S/c1-27-15(22)9-5-12(19(23)24)14(21)18(7-9)8-13(20)17-10-3-2-4-11(6-10)28(16,25)26/h2-7H,8H2,1H3,(H,17,20)(H2,16,25,26). The third-order valence-corrected chi connectivity index (χ3v) is 4.36. The van der Waals surface area contributed by atoms with E-state index in [-0.39, 0.29) is 16.1 Å². The second-order valence-corrected chi connectivity index (χ2v) is 6.98. The fourth-order valence-electron chi connectivity index (χ4n) is 2.20. The summed E-state index contributed by atoms with van der Waals surface area (Å²) < 4.78 is 27.8. The molecule has 0 bridgehead atoms. The van der Waals surface area contributed by atoms with Crippen molar-refractivity contribution in [3.05, 3.63) is 62.6 Å². The molecule has 2 rings (SSSR count). The zero-order valence-electron chi connectivity index (χ0n) is 14.3. The second kappa shape index (κ2) is 7.98. The Kier molecular flexibility index (Phi) is 5.90. The molecule has 0 fully saturated rings. The summed E-state index contributed by atoms with van der Waals surface area (Å²) in [5.74, 6) is -1.73. The van der Waals surface area contributed by atoms with Crippen molar-refractivity contribution < 1.29 is 27.7 Å². The molecule has 1 aromatic heterocycles. The SMILES string of the molecule is COC(=O)c1cc([N+](=O)[O-])c(=O)n(CC(=O)Nc2cccc(S(N)(=O)=O)c2)c1. The van der Waals surface area contributed by atoms with Crippen molar-refractivity contribution >= 4 is 33.3 Å². The van der Waals surface area contributed by atoms with Crippen LogP contribution in [-0.4, -0.2) is 36.9 Å².